The number of rotatable bonds is 3. The number of benzene rings is 1. The molecule has 2 N–H and O–H groups in total. The number of nitriles is 1. The summed E-state index contributed by atoms with van der Waals surface area (Å²) >= 11 is 3.27. The van der Waals surface area contributed by atoms with Gasteiger partial charge in [-0.25, -0.2) is 0 Å². The second kappa shape index (κ2) is 4.77. The van der Waals surface area contributed by atoms with Crippen LogP contribution < -0.4 is 4.72 Å². The molecule has 0 aliphatic carbocycles. The Hall–Kier alpha value is -1.90. The molecule has 0 radical (unpaired) electrons. The summed E-state index contributed by atoms with van der Waals surface area (Å²) in [5.41, 5.74) is 2.55. The van der Waals surface area contributed by atoms with Gasteiger partial charge in [0.15, 0.2) is 0 Å². The van der Waals surface area contributed by atoms with Crippen molar-refractivity contribution >= 4 is 39.9 Å². The van der Waals surface area contributed by atoms with E-state index in [4.69, 9.17) is 5.26 Å². The minimum absolute atomic E-state index is 0.584. The quantitative estimate of drug-likeness (QED) is 0.701. The summed E-state index contributed by atoms with van der Waals surface area (Å²) < 4.78 is 4.52. The standard InChI is InChI=1S/C13H9N3S2/c14-8-10-7-9-3-1-4-11(13(9)15-10)16-18-12-5-2-6-17-12/h1-7,15-16H. The van der Waals surface area contributed by atoms with Crippen molar-refractivity contribution in [2.75, 3.05) is 4.72 Å². The summed E-state index contributed by atoms with van der Waals surface area (Å²) in [6.07, 6.45) is 0. The molecule has 2 heterocycles. The molecule has 3 rings (SSSR count). The van der Waals surface area contributed by atoms with Crippen LogP contribution in [0.2, 0.25) is 0 Å². The number of thiophene rings is 1. The van der Waals surface area contributed by atoms with Gasteiger partial charge in [-0.1, -0.05) is 18.2 Å². The lowest BCUT2D eigenvalue weighted by atomic mass is 10.2. The maximum atomic E-state index is 8.90. The Labute approximate surface area is 113 Å². The molecule has 0 bridgehead atoms. The monoisotopic (exact) mass is 271 g/mol. The van der Waals surface area contributed by atoms with Gasteiger partial charge in [-0.15, -0.1) is 11.3 Å². The van der Waals surface area contributed by atoms with Crippen LogP contribution in [0.1, 0.15) is 5.69 Å². The molecule has 0 atom stereocenters. The summed E-state index contributed by atoms with van der Waals surface area (Å²) in [4.78, 5) is 3.11. The Balaban J connectivity index is 1.92. The van der Waals surface area contributed by atoms with E-state index in [9.17, 15) is 0 Å². The minimum Gasteiger partial charge on any atom is -0.345 e. The van der Waals surface area contributed by atoms with E-state index in [0.29, 0.717) is 5.69 Å². The smallest absolute Gasteiger partial charge is 0.118 e. The summed E-state index contributed by atoms with van der Waals surface area (Å²) in [7, 11) is 0. The van der Waals surface area contributed by atoms with Gasteiger partial charge < -0.3 is 9.71 Å². The highest BCUT2D eigenvalue weighted by Gasteiger charge is 2.05. The summed E-state index contributed by atoms with van der Waals surface area (Å²) in [6, 6.07) is 14.1. The van der Waals surface area contributed by atoms with E-state index in [2.05, 4.69) is 21.8 Å². The van der Waals surface area contributed by atoms with Crippen LogP contribution in [-0.2, 0) is 0 Å². The Morgan fingerprint density at radius 3 is 3.00 bits per heavy atom. The highest BCUT2D eigenvalue weighted by Crippen LogP contribution is 2.29. The first-order valence-electron chi connectivity index (χ1n) is 5.35. The number of nitrogens with one attached hydrogen (secondary N) is 2. The van der Waals surface area contributed by atoms with Crippen LogP contribution in [0.25, 0.3) is 10.9 Å². The first kappa shape index (κ1) is 11.2. The lowest BCUT2D eigenvalue weighted by Crippen LogP contribution is -1.86. The number of aromatic nitrogens is 1. The van der Waals surface area contributed by atoms with E-state index < -0.39 is 0 Å². The molecular weight excluding hydrogens is 262 g/mol. The van der Waals surface area contributed by atoms with Gasteiger partial charge in [-0.2, -0.15) is 5.26 Å². The van der Waals surface area contributed by atoms with E-state index in [1.54, 1.807) is 23.3 Å². The van der Waals surface area contributed by atoms with Gasteiger partial charge in [-0.05, 0) is 35.5 Å². The second-order valence-corrected chi connectivity index (χ2v) is 5.76. The number of nitrogens with zero attached hydrogens (tertiary/aromatic N) is 1. The SMILES string of the molecule is N#Cc1cc2cccc(NSc3cccs3)c2[nH]1. The van der Waals surface area contributed by atoms with Gasteiger partial charge >= 0.3 is 0 Å². The van der Waals surface area contributed by atoms with Gasteiger partial charge in [0, 0.05) is 5.39 Å². The van der Waals surface area contributed by atoms with Crippen LogP contribution in [-0.4, -0.2) is 4.98 Å². The van der Waals surface area contributed by atoms with Gasteiger partial charge in [-0.3, -0.25) is 0 Å². The predicted octanol–water partition coefficient (Wildman–Crippen LogP) is 4.22. The summed E-state index contributed by atoms with van der Waals surface area (Å²) in [6.45, 7) is 0. The molecule has 0 fully saturated rings. The number of fused-ring (bicyclic) bond motifs is 1. The average Bonchev–Trinajstić information content (AvgIpc) is 3.04. The van der Waals surface area contributed by atoms with Crippen molar-refractivity contribution in [2.24, 2.45) is 0 Å². The highest BCUT2D eigenvalue weighted by atomic mass is 32.2. The molecule has 0 spiro atoms. The number of H-pyrrole nitrogens is 1. The fourth-order valence-electron chi connectivity index (χ4n) is 1.73. The van der Waals surface area contributed by atoms with Crippen LogP contribution >= 0.6 is 23.3 Å². The van der Waals surface area contributed by atoms with Gasteiger partial charge in [0.25, 0.3) is 0 Å². The lowest BCUT2D eigenvalue weighted by Gasteiger charge is -2.04. The van der Waals surface area contributed by atoms with Gasteiger partial charge in [0.1, 0.15) is 11.8 Å². The zero-order valence-electron chi connectivity index (χ0n) is 9.31. The second-order valence-electron chi connectivity index (χ2n) is 3.70. The largest absolute Gasteiger partial charge is 0.345 e. The summed E-state index contributed by atoms with van der Waals surface area (Å²) in [5, 5.41) is 12.0. The van der Waals surface area contributed by atoms with E-state index in [1.165, 1.54) is 4.21 Å². The minimum atomic E-state index is 0.584. The van der Waals surface area contributed by atoms with Gasteiger partial charge in [0.2, 0.25) is 0 Å². The van der Waals surface area contributed by atoms with Crippen molar-refractivity contribution < 1.29 is 0 Å². The van der Waals surface area contributed by atoms with Crippen LogP contribution in [0.5, 0.6) is 0 Å². The van der Waals surface area contributed by atoms with Crippen LogP contribution in [0.4, 0.5) is 5.69 Å². The topological polar surface area (TPSA) is 51.6 Å². The van der Waals surface area contributed by atoms with E-state index >= 15 is 0 Å². The molecule has 2 aromatic heterocycles. The first-order chi connectivity index (χ1) is 8.86. The number of aromatic amines is 1. The molecule has 3 nitrogen and oxygen atoms in total. The van der Waals surface area contributed by atoms with E-state index in [1.807, 2.05) is 35.7 Å². The van der Waals surface area contributed by atoms with Crippen LogP contribution in [0.15, 0.2) is 46.0 Å². The molecular formula is C13H9N3S2. The van der Waals surface area contributed by atoms with Crippen molar-refractivity contribution in [3.63, 3.8) is 0 Å². The Kier molecular flexibility index (Phi) is 2.97. The summed E-state index contributed by atoms with van der Waals surface area (Å²) in [5.74, 6) is 0. The third-order valence-corrected chi connectivity index (χ3v) is 4.39. The molecule has 18 heavy (non-hydrogen) atoms. The first-order valence-corrected chi connectivity index (χ1v) is 7.04. The maximum Gasteiger partial charge on any atom is 0.118 e. The van der Waals surface area contributed by atoms with Crippen LogP contribution in [0, 0.1) is 11.3 Å². The molecule has 0 saturated carbocycles. The van der Waals surface area contributed by atoms with Crippen molar-refractivity contribution in [3.05, 3.63) is 47.5 Å². The number of hydrogen-bond acceptors (Lipinski definition) is 4. The third kappa shape index (κ3) is 2.08. The molecule has 0 unspecified atom stereocenters. The van der Waals surface area contributed by atoms with Crippen molar-refractivity contribution in [1.82, 2.24) is 4.98 Å². The highest BCUT2D eigenvalue weighted by molar-refractivity contribution is 8.02. The molecule has 88 valence electrons. The molecule has 0 aliphatic rings. The Bertz CT molecular complexity index is 707. The number of para-hydroxylation sites is 1. The van der Waals surface area contributed by atoms with E-state index in [0.717, 1.165) is 16.6 Å². The third-order valence-electron chi connectivity index (χ3n) is 2.53. The van der Waals surface area contributed by atoms with Gasteiger partial charge in [0.05, 0.1) is 15.4 Å². The predicted molar refractivity (Wildman–Crippen MR) is 76.8 cm³/mol. The molecule has 0 saturated heterocycles. The van der Waals surface area contributed by atoms with Crippen molar-refractivity contribution in [2.45, 2.75) is 4.21 Å². The Morgan fingerprint density at radius 2 is 2.22 bits per heavy atom. The zero-order valence-corrected chi connectivity index (χ0v) is 10.9. The lowest BCUT2D eigenvalue weighted by molar-refractivity contribution is 1.37. The fourth-order valence-corrected chi connectivity index (χ4v) is 3.19. The maximum absolute atomic E-state index is 8.90. The van der Waals surface area contributed by atoms with Crippen molar-refractivity contribution in [1.29, 1.82) is 5.26 Å². The normalized spacial score (nSPS) is 10.4. The van der Waals surface area contributed by atoms with Crippen molar-refractivity contribution in [3.8, 4) is 6.07 Å². The molecule has 3 aromatic rings. The number of anilines is 1. The molecule has 1 aromatic carbocycles. The molecule has 5 heteroatoms. The molecule has 0 amide bonds. The zero-order chi connectivity index (χ0) is 12.4. The fraction of sp³-hybridized carbons (Fsp3) is 0. The van der Waals surface area contributed by atoms with Crippen LogP contribution in [0.3, 0.4) is 0 Å². The number of hydrogen-bond donors (Lipinski definition) is 2. The average molecular weight is 271 g/mol. The Morgan fingerprint density at radius 1 is 1.28 bits per heavy atom. The van der Waals surface area contributed by atoms with E-state index in [-0.39, 0.29) is 0 Å². The molecule has 0 aliphatic heterocycles.